The second-order valence-corrected chi connectivity index (χ2v) is 5.21. The number of aromatic nitrogens is 2. The van der Waals surface area contributed by atoms with E-state index in [0.29, 0.717) is 6.04 Å². The van der Waals surface area contributed by atoms with E-state index in [4.69, 9.17) is 0 Å². The average molecular weight is 272 g/mol. The number of nitrogens with zero attached hydrogens (tertiary/aromatic N) is 2. The van der Waals surface area contributed by atoms with Gasteiger partial charge in [0.1, 0.15) is 0 Å². The van der Waals surface area contributed by atoms with Crippen molar-refractivity contribution in [3.05, 3.63) is 30.1 Å². The molecule has 5 nitrogen and oxygen atoms in total. The highest BCUT2D eigenvalue weighted by atomic mass is 16.2. The molecule has 1 aromatic carbocycles. The molecule has 0 saturated carbocycles. The van der Waals surface area contributed by atoms with Gasteiger partial charge in [0.25, 0.3) is 5.91 Å². The van der Waals surface area contributed by atoms with Crippen LogP contribution < -0.4 is 5.32 Å². The molecule has 5 heteroatoms. The first-order valence-corrected chi connectivity index (χ1v) is 7.24. The van der Waals surface area contributed by atoms with Crippen LogP contribution in [0.2, 0.25) is 0 Å². The number of hydrogen-bond acceptors (Lipinski definition) is 3. The molecule has 106 valence electrons. The minimum Gasteiger partial charge on any atom is -0.345 e. The van der Waals surface area contributed by atoms with Crippen molar-refractivity contribution in [1.29, 1.82) is 0 Å². The number of carbonyl (C=O) groups is 1. The fraction of sp³-hybridized carbons (Fsp3) is 0.467. The van der Waals surface area contributed by atoms with Crippen LogP contribution in [0.25, 0.3) is 11.0 Å². The Hall–Kier alpha value is -1.88. The lowest BCUT2D eigenvalue weighted by Gasteiger charge is -2.34. The monoisotopic (exact) mass is 272 g/mol. The third-order valence-corrected chi connectivity index (χ3v) is 4.02. The molecule has 0 radical (unpaired) electrons. The maximum Gasteiger partial charge on any atom is 0.254 e. The zero-order valence-electron chi connectivity index (χ0n) is 11.7. The van der Waals surface area contributed by atoms with E-state index in [1.54, 1.807) is 6.33 Å². The fourth-order valence-corrected chi connectivity index (χ4v) is 2.92. The van der Waals surface area contributed by atoms with E-state index in [1.165, 1.54) is 0 Å². The highest BCUT2D eigenvalue weighted by molar-refractivity contribution is 5.97. The van der Waals surface area contributed by atoms with Crippen molar-refractivity contribution in [1.82, 2.24) is 20.2 Å². The summed E-state index contributed by atoms with van der Waals surface area (Å²) in [5.41, 5.74) is 2.55. The molecule has 1 aliphatic heterocycles. The molecule has 0 atom stereocenters. The summed E-state index contributed by atoms with van der Waals surface area (Å²) < 4.78 is 0. The quantitative estimate of drug-likeness (QED) is 0.895. The third-order valence-electron chi connectivity index (χ3n) is 4.02. The average Bonchev–Trinajstić information content (AvgIpc) is 2.96. The molecule has 1 fully saturated rings. The third kappa shape index (κ3) is 2.41. The molecule has 1 amide bonds. The Morgan fingerprint density at radius 2 is 2.20 bits per heavy atom. The topological polar surface area (TPSA) is 61.0 Å². The maximum absolute atomic E-state index is 12.7. The van der Waals surface area contributed by atoms with Crippen molar-refractivity contribution in [2.75, 3.05) is 19.6 Å². The van der Waals surface area contributed by atoms with Gasteiger partial charge in [-0.25, -0.2) is 4.98 Å². The maximum atomic E-state index is 12.7. The van der Waals surface area contributed by atoms with Crippen molar-refractivity contribution < 1.29 is 4.79 Å². The molecule has 1 saturated heterocycles. The SMILES string of the molecule is CCN(C(=O)c1ccc2nc[nH]c2c1)C1CCNCC1. The van der Waals surface area contributed by atoms with Crippen molar-refractivity contribution >= 4 is 16.9 Å². The van der Waals surface area contributed by atoms with Crippen molar-refractivity contribution in [3.8, 4) is 0 Å². The van der Waals surface area contributed by atoms with Gasteiger partial charge in [-0.2, -0.15) is 0 Å². The Labute approximate surface area is 118 Å². The Bertz CT molecular complexity index is 601. The van der Waals surface area contributed by atoms with Gasteiger partial charge >= 0.3 is 0 Å². The van der Waals surface area contributed by atoms with Crippen LogP contribution in [0, 0.1) is 0 Å². The Balaban J connectivity index is 1.84. The molecule has 3 rings (SSSR count). The molecule has 0 spiro atoms. The van der Waals surface area contributed by atoms with Gasteiger partial charge in [0.15, 0.2) is 0 Å². The van der Waals surface area contributed by atoms with Crippen molar-refractivity contribution in [3.63, 3.8) is 0 Å². The molecule has 1 aromatic heterocycles. The Kier molecular flexibility index (Phi) is 3.69. The van der Waals surface area contributed by atoms with Crippen LogP contribution in [-0.4, -0.2) is 46.5 Å². The molecule has 2 heterocycles. The second-order valence-electron chi connectivity index (χ2n) is 5.21. The molecule has 20 heavy (non-hydrogen) atoms. The van der Waals surface area contributed by atoms with Gasteiger partial charge < -0.3 is 15.2 Å². The van der Waals surface area contributed by atoms with Gasteiger partial charge in [-0.15, -0.1) is 0 Å². The molecule has 1 aliphatic rings. The summed E-state index contributed by atoms with van der Waals surface area (Å²) in [6, 6.07) is 6.02. The molecular formula is C15H20N4O. The Morgan fingerprint density at radius 1 is 1.40 bits per heavy atom. The lowest BCUT2D eigenvalue weighted by Crippen LogP contribution is -2.46. The number of piperidine rings is 1. The number of hydrogen-bond donors (Lipinski definition) is 2. The zero-order valence-corrected chi connectivity index (χ0v) is 11.7. The van der Waals surface area contributed by atoms with Crippen LogP contribution in [0.4, 0.5) is 0 Å². The summed E-state index contributed by atoms with van der Waals surface area (Å²) in [5.74, 6) is 0.121. The van der Waals surface area contributed by atoms with E-state index in [2.05, 4.69) is 22.2 Å². The second kappa shape index (κ2) is 5.63. The smallest absolute Gasteiger partial charge is 0.254 e. The summed E-state index contributed by atoms with van der Waals surface area (Å²) in [4.78, 5) is 22.0. The van der Waals surface area contributed by atoms with E-state index in [9.17, 15) is 4.79 Å². The van der Waals surface area contributed by atoms with Crippen LogP contribution in [0.15, 0.2) is 24.5 Å². The van der Waals surface area contributed by atoms with Crippen LogP contribution in [0.3, 0.4) is 0 Å². The Morgan fingerprint density at radius 3 is 2.95 bits per heavy atom. The van der Waals surface area contributed by atoms with Crippen LogP contribution in [0.1, 0.15) is 30.1 Å². The number of carbonyl (C=O) groups excluding carboxylic acids is 1. The minimum absolute atomic E-state index is 0.121. The summed E-state index contributed by atoms with van der Waals surface area (Å²) in [6.45, 7) is 4.79. The van der Waals surface area contributed by atoms with E-state index < -0.39 is 0 Å². The molecule has 0 aliphatic carbocycles. The number of benzene rings is 1. The van der Waals surface area contributed by atoms with Gasteiger partial charge in [0.2, 0.25) is 0 Å². The summed E-state index contributed by atoms with van der Waals surface area (Å²) in [7, 11) is 0. The number of amides is 1. The standard InChI is InChI=1S/C15H20N4O/c1-2-19(12-5-7-16-8-6-12)15(20)11-3-4-13-14(9-11)18-10-17-13/h3-4,9-10,12,16H,2,5-8H2,1H3,(H,17,18). The number of imidazole rings is 1. The van der Waals surface area contributed by atoms with Gasteiger partial charge in [0.05, 0.1) is 17.4 Å². The van der Waals surface area contributed by atoms with Gasteiger partial charge in [0, 0.05) is 18.2 Å². The lowest BCUT2D eigenvalue weighted by atomic mass is 10.0. The normalized spacial score (nSPS) is 16.4. The van der Waals surface area contributed by atoms with Gasteiger partial charge in [-0.05, 0) is 51.1 Å². The summed E-state index contributed by atoms with van der Waals surface area (Å²) in [5, 5.41) is 3.34. The number of H-pyrrole nitrogens is 1. The molecule has 2 N–H and O–H groups in total. The number of rotatable bonds is 3. The van der Waals surface area contributed by atoms with E-state index in [0.717, 1.165) is 49.1 Å². The first-order valence-electron chi connectivity index (χ1n) is 7.24. The largest absolute Gasteiger partial charge is 0.345 e. The summed E-state index contributed by atoms with van der Waals surface area (Å²) in [6.07, 6.45) is 3.72. The lowest BCUT2D eigenvalue weighted by molar-refractivity contribution is 0.0656. The van der Waals surface area contributed by atoms with E-state index in [1.807, 2.05) is 23.1 Å². The number of fused-ring (bicyclic) bond motifs is 1. The number of nitrogens with one attached hydrogen (secondary N) is 2. The first kappa shape index (κ1) is 13.1. The van der Waals surface area contributed by atoms with Gasteiger partial charge in [-0.1, -0.05) is 0 Å². The van der Waals surface area contributed by atoms with Crippen molar-refractivity contribution in [2.24, 2.45) is 0 Å². The van der Waals surface area contributed by atoms with Crippen LogP contribution in [0.5, 0.6) is 0 Å². The predicted octanol–water partition coefficient (Wildman–Crippen LogP) is 1.78. The van der Waals surface area contributed by atoms with E-state index >= 15 is 0 Å². The summed E-state index contributed by atoms with van der Waals surface area (Å²) >= 11 is 0. The molecule has 0 unspecified atom stereocenters. The number of aromatic amines is 1. The molecule has 2 aromatic rings. The van der Waals surface area contributed by atoms with E-state index in [-0.39, 0.29) is 5.91 Å². The fourth-order valence-electron chi connectivity index (χ4n) is 2.92. The van der Waals surface area contributed by atoms with Crippen molar-refractivity contribution in [2.45, 2.75) is 25.8 Å². The highest BCUT2D eigenvalue weighted by Crippen LogP contribution is 2.18. The predicted molar refractivity (Wildman–Crippen MR) is 78.7 cm³/mol. The molecule has 0 bridgehead atoms. The van der Waals surface area contributed by atoms with Gasteiger partial charge in [-0.3, -0.25) is 4.79 Å². The van der Waals surface area contributed by atoms with Crippen LogP contribution >= 0.6 is 0 Å². The first-order chi connectivity index (χ1) is 9.79. The highest BCUT2D eigenvalue weighted by Gasteiger charge is 2.24. The molecular weight excluding hydrogens is 252 g/mol. The zero-order chi connectivity index (χ0) is 13.9. The minimum atomic E-state index is 0.121. The van der Waals surface area contributed by atoms with Crippen LogP contribution in [-0.2, 0) is 0 Å².